The number of piperazine rings is 1. The summed E-state index contributed by atoms with van der Waals surface area (Å²) in [7, 11) is 1.70. The van der Waals surface area contributed by atoms with Crippen molar-refractivity contribution in [1.82, 2.24) is 25.1 Å². The second kappa shape index (κ2) is 9.58. The summed E-state index contributed by atoms with van der Waals surface area (Å²) in [6, 6.07) is 15.5. The second-order valence-corrected chi connectivity index (χ2v) is 8.38. The van der Waals surface area contributed by atoms with Gasteiger partial charge in [-0.2, -0.15) is 0 Å². The van der Waals surface area contributed by atoms with Crippen molar-refractivity contribution >= 4 is 5.69 Å². The third-order valence-corrected chi connectivity index (χ3v) is 6.09. The molecule has 1 saturated heterocycles. The van der Waals surface area contributed by atoms with Crippen LogP contribution >= 0.6 is 0 Å². The van der Waals surface area contributed by atoms with Crippen molar-refractivity contribution in [3.63, 3.8) is 0 Å². The largest absolute Gasteiger partial charge is 0.383 e. The van der Waals surface area contributed by atoms with E-state index < -0.39 is 0 Å². The molecule has 1 fully saturated rings. The first-order valence-corrected chi connectivity index (χ1v) is 10.9. The molecule has 3 aromatic rings. The SMILES string of the molecule is COCCn1nnnc1[C@@H](c1ccc(C)cc1)N1CCN(c2cc(C)ccc2C)CC1. The van der Waals surface area contributed by atoms with E-state index in [0.29, 0.717) is 13.2 Å². The van der Waals surface area contributed by atoms with E-state index in [9.17, 15) is 0 Å². The van der Waals surface area contributed by atoms with Crippen molar-refractivity contribution in [2.45, 2.75) is 33.4 Å². The number of rotatable bonds is 7. The highest BCUT2D eigenvalue weighted by molar-refractivity contribution is 5.55. The number of ether oxygens (including phenoxy) is 1. The molecule has 0 bridgehead atoms. The first-order valence-electron chi connectivity index (χ1n) is 10.9. The minimum Gasteiger partial charge on any atom is -0.383 e. The lowest BCUT2D eigenvalue weighted by Crippen LogP contribution is -2.48. The number of hydrogen-bond acceptors (Lipinski definition) is 6. The Morgan fingerprint density at radius 3 is 2.35 bits per heavy atom. The molecule has 1 aromatic heterocycles. The number of aryl methyl sites for hydroxylation is 3. The number of nitrogens with zero attached hydrogens (tertiary/aromatic N) is 6. The zero-order chi connectivity index (χ0) is 21.8. The normalized spacial score (nSPS) is 15.9. The van der Waals surface area contributed by atoms with Crippen LogP contribution in [0, 0.1) is 20.8 Å². The molecule has 164 valence electrons. The zero-order valence-electron chi connectivity index (χ0n) is 19.0. The molecule has 0 amide bonds. The number of benzene rings is 2. The summed E-state index contributed by atoms with van der Waals surface area (Å²) in [6.07, 6.45) is 0. The summed E-state index contributed by atoms with van der Waals surface area (Å²) < 4.78 is 7.14. The Kier molecular flexibility index (Phi) is 6.63. The van der Waals surface area contributed by atoms with Gasteiger partial charge < -0.3 is 9.64 Å². The molecular weight excluding hydrogens is 388 g/mol. The van der Waals surface area contributed by atoms with Crippen LogP contribution in [0.5, 0.6) is 0 Å². The molecule has 0 saturated carbocycles. The van der Waals surface area contributed by atoms with Crippen LogP contribution < -0.4 is 4.90 Å². The molecule has 0 spiro atoms. The number of hydrogen-bond donors (Lipinski definition) is 0. The summed E-state index contributed by atoms with van der Waals surface area (Å²) >= 11 is 0. The molecule has 0 N–H and O–H groups in total. The first-order chi connectivity index (χ1) is 15.1. The molecule has 0 unspecified atom stereocenters. The molecule has 2 heterocycles. The van der Waals surface area contributed by atoms with E-state index in [0.717, 1.165) is 32.0 Å². The fourth-order valence-corrected chi connectivity index (χ4v) is 4.30. The van der Waals surface area contributed by atoms with Crippen LogP contribution in [0.2, 0.25) is 0 Å². The molecule has 1 aliphatic rings. The van der Waals surface area contributed by atoms with Crippen LogP contribution in [0.4, 0.5) is 5.69 Å². The van der Waals surface area contributed by atoms with Gasteiger partial charge in [0.2, 0.25) is 0 Å². The van der Waals surface area contributed by atoms with Crippen molar-refractivity contribution in [3.05, 3.63) is 70.5 Å². The molecule has 4 rings (SSSR count). The van der Waals surface area contributed by atoms with Gasteiger partial charge in [0.1, 0.15) is 0 Å². The molecule has 31 heavy (non-hydrogen) atoms. The van der Waals surface area contributed by atoms with Crippen LogP contribution in [0.25, 0.3) is 0 Å². The molecule has 7 nitrogen and oxygen atoms in total. The van der Waals surface area contributed by atoms with Gasteiger partial charge in [0, 0.05) is 39.0 Å². The lowest BCUT2D eigenvalue weighted by atomic mass is 10.0. The minimum atomic E-state index is 0.0215. The molecule has 1 aliphatic heterocycles. The van der Waals surface area contributed by atoms with Crippen LogP contribution in [0.15, 0.2) is 42.5 Å². The molecule has 0 radical (unpaired) electrons. The first kappa shape index (κ1) is 21.5. The Balaban J connectivity index is 1.59. The number of methoxy groups -OCH3 is 1. The quantitative estimate of drug-likeness (QED) is 0.585. The van der Waals surface area contributed by atoms with Crippen molar-refractivity contribution in [1.29, 1.82) is 0 Å². The maximum atomic E-state index is 5.26. The smallest absolute Gasteiger partial charge is 0.173 e. The Labute approximate surface area is 184 Å². The molecule has 0 aliphatic carbocycles. The summed E-state index contributed by atoms with van der Waals surface area (Å²) in [6.45, 7) is 11.5. The average Bonchev–Trinajstić information content (AvgIpc) is 3.24. The molecule has 7 heteroatoms. The summed E-state index contributed by atoms with van der Waals surface area (Å²) in [5.74, 6) is 0.876. The van der Waals surface area contributed by atoms with Crippen molar-refractivity contribution in [2.75, 3.05) is 44.8 Å². The maximum absolute atomic E-state index is 5.26. The second-order valence-electron chi connectivity index (χ2n) is 8.38. The van der Waals surface area contributed by atoms with E-state index in [4.69, 9.17) is 4.74 Å². The van der Waals surface area contributed by atoms with E-state index in [1.165, 1.54) is 27.9 Å². The predicted octanol–water partition coefficient (Wildman–Crippen LogP) is 3.16. The predicted molar refractivity (Wildman–Crippen MR) is 122 cm³/mol. The number of anilines is 1. The van der Waals surface area contributed by atoms with Gasteiger partial charge in [-0.1, -0.05) is 42.0 Å². The van der Waals surface area contributed by atoms with Crippen molar-refractivity contribution in [2.24, 2.45) is 0 Å². The van der Waals surface area contributed by atoms with Crippen LogP contribution in [-0.4, -0.2) is 65.0 Å². The van der Waals surface area contributed by atoms with Gasteiger partial charge >= 0.3 is 0 Å². The third kappa shape index (κ3) is 4.78. The lowest BCUT2D eigenvalue weighted by molar-refractivity contribution is 0.171. The fraction of sp³-hybridized carbons (Fsp3) is 0.458. The van der Waals surface area contributed by atoms with Crippen LogP contribution in [0.3, 0.4) is 0 Å². The van der Waals surface area contributed by atoms with Gasteiger partial charge in [-0.3, -0.25) is 4.90 Å². The maximum Gasteiger partial charge on any atom is 0.173 e. The monoisotopic (exact) mass is 420 g/mol. The van der Waals surface area contributed by atoms with Crippen LogP contribution in [0.1, 0.15) is 34.1 Å². The van der Waals surface area contributed by atoms with Gasteiger partial charge in [0.05, 0.1) is 19.2 Å². The van der Waals surface area contributed by atoms with Gasteiger partial charge in [0.15, 0.2) is 5.82 Å². The van der Waals surface area contributed by atoms with Gasteiger partial charge in [-0.05, 0) is 54.0 Å². The topological polar surface area (TPSA) is 59.3 Å². The van der Waals surface area contributed by atoms with E-state index in [-0.39, 0.29) is 6.04 Å². The van der Waals surface area contributed by atoms with Gasteiger partial charge in [-0.25, -0.2) is 4.68 Å². The number of tetrazole rings is 1. The van der Waals surface area contributed by atoms with E-state index in [1.54, 1.807) is 7.11 Å². The highest BCUT2D eigenvalue weighted by Gasteiger charge is 2.31. The lowest BCUT2D eigenvalue weighted by Gasteiger charge is -2.40. The molecule has 2 aromatic carbocycles. The Bertz CT molecular complexity index is 992. The van der Waals surface area contributed by atoms with Crippen molar-refractivity contribution < 1.29 is 4.74 Å². The molecule has 1 atom stereocenters. The van der Waals surface area contributed by atoms with E-state index in [2.05, 4.69) is 88.6 Å². The minimum absolute atomic E-state index is 0.0215. The Morgan fingerprint density at radius 1 is 0.935 bits per heavy atom. The fourth-order valence-electron chi connectivity index (χ4n) is 4.30. The molecular formula is C24H32N6O. The highest BCUT2D eigenvalue weighted by atomic mass is 16.5. The van der Waals surface area contributed by atoms with E-state index in [1.807, 2.05) is 4.68 Å². The number of aromatic nitrogens is 4. The van der Waals surface area contributed by atoms with E-state index >= 15 is 0 Å². The summed E-state index contributed by atoms with van der Waals surface area (Å²) in [5.41, 5.74) is 6.45. The summed E-state index contributed by atoms with van der Waals surface area (Å²) in [4.78, 5) is 5.00. The van der Waals surface area contributed by atoms with Crippen LogP contribution in [-0.2, 0) is 11.3 Å². The van der Waals surface area contributed by atoms with Gasteiger partial charge in [-0.15, -0.1) is 5.10 Å². The van der Waals surface area contributed by atoms with Crippen molar-refractivity contribution in [3.8, 4) is 0 Å². The Morgan fingerprint density at radius 2 is 1.65 bits per heavy atom. The Hall–Kier alpha value is -2.77. The average molecular weight is 421 g/mol. The van der Waals surface area contributed by atoms with Gasteiger partial charge in [0.25, 0.3) is 0 Å². The zero-order valence-corrected chi connectivity index (χ0v) is 19.0. The third-order valence-electron chi connectivity index (χ3n) is 6.09. The summed E-state index contributed by atoms with van der Waals surface area (Å²) in [5, 5.41) is 12.7. The highest BCUT2D eigenvalue weighted by Crippen LogP contribution is 2.30. The standard InChI is InChI=1S/C24H32N6O/c1-18-6-9-21(10-7-18)23(24-25-26-27-30(24)15-16-31-4)29-13-11-28(12-14-29)22-17-19(2)5-8-20(22)3/h5-10,17,23H,11-16H2,1-4H3/t23-/m1/s1.